The van der Waals surface area contributed by atoms with Crippen molar-refractivity contribution < 1.29 is 4.74 Å². The van der Waals surface area contributed by atoms with Crippen LogP contribution in [0.5, 0.6) is 0 Å². The summed E-state index contributed by atoms with van der Waals surface area (Å²) < 4.78 is 6.22. The predicted molar refractivity (Wildman–Crippen MR) is 61.5 cm³/mol. The fourth-order valence-electron chi connectivity index (χ4n) is 3.18. The van der Waals surface area contributed by atoms with E-state index in [2.05, 4.69) is 44.2 Å². The largest absolute Gasteiger partial charge is 0.369 e. The quantitative estimate of drug-likeness (QED) is 0.548. The van der Waals surface area contributed by atoms with Gasteiger partial charge in [-0.05, 0) is 24.8 Å². The van der Waals surface area contributed by atoms with Crippen molar-refractivity contribution in [3.8, 4) is 0 Å². The molecule has 80 valence electrons. The van der Waals surface area contributed by atoms with Gasteiger partial charge in [-0.2, -0.15) is 0 Å². The molecule has 2 aliphatic carbocycles. The Balaban J connectivity index is 1.94. The summed E-state index contributed by atoms with van der Waals surface area (Å²) in [6.07, 6.45) is 13.4. The highest BCUT2D eigenvalue weighted by atomic mass is 16.5. The minimum atomic E-state index is 0.343. The van der Waals surface area contributed by atoms with Crippen LogP contribution >= 0.6 is 0 Å². The highest BCUT2D eigenvalue weighted by molar-refractivity contribution is 5.28. The van der Waals surface area contributed by atoms with E-state index in [0.717, 1.165) is 0 Å². The lowest BCUT2D eigenvalue weighted by molar-refractivity contribution is 0.0186. The van der Waals surface area contributed by atoms with Gasteiger partial charge in [-0.25, -0.2) is 0 Å². The molecule has 0 saturated carbocycles. The minimum absolute atomic E-state index is 0.343. The first kappa shape index (κ1) is 9.41. The summed E-state index contributed by atoms with van der Waals surface area (Å²) in [4.78, 5) is 0. The van der Waals surface area contributed by atoms with E-state index in [0.29, 0.717) is 30.0 Å². The van der Waals surface area contributed by atoms with Gasteiger partial charge in [0.25, 0.3) is 0 Å². The Morgan fingerprint density at radius 2 is 2.13 bits per heavy atom. The summed E-state index contributed by atoms with van der Waals surface area (Å²) in [6.45, 7) is 4.49. The maximum atomic E-state index is 6.22. The van der Waals surface area contributed by atoms with E-state index in [1.165, 1.54) is 12.0 Å². The van der Waals surface area contributed by atoms with Crippen LogP contribution in [0.4, 0.5) is 0 Å². The van der Waals surface area contributed by atoms with Gasteiger partial charge < -0.3 is 4.74 Å². The number of ether oxygens (including phenoxy) is 1. The fraction of sp³-hybridized carbons (Fsp3) is 0.571. The Morgan fingerprint density at radius 3 is 3.00 bits per heavy atom. The summed E-state index contributed by atoms with van der Waals surface area (Å²) in [6, 6.07) is 0. The zero-order valence-electron chi connectivity index (χ0n) is 9.39. The Kier molecular flexibility index (Phi) is 2.10. The third-order valence-electron chi connectivity index (χ3n) is 4.05. The Bertz CT molecular complexity index is 350. The molecule has 1 fully saturated rings. The van der Waals surface area contributed by atoms with E-state index in [4.69, 9.17) is 4.74 Å². The van der Waals surface area contributed by atoms with Crippen LogP contribution < -0.4 is 0 Å². The van der Waals surface area contributed by atoms with E-state index in [1.807, 2.05) is 0 Å². The second-order valence-corrected chi connectivity index (χ2v) is 5.11. The second kappa shape index (κ2) is 3.34. The van der Waals surface area contributed by atoms with Gasteiger partial charge in [-0.15, -0.1) is 0 Å². The number of hydrogen-bond acceptors (Lipinski definition) is 1. The second-order valence-electron chi connectivity index (χ2n) is 5.11. The van der Waals surface area contributed by atoms with Gasteiger partial charge in [-0.1, -0.05) is 37.3 Å². The summed E-state index contributed by atoms with van der Waals surface area (Å²) in [7, 11) is 0. The first-order valence-electron chi connectivity index (χ1n) is 5.94. The molecule has 3 aliphatic rings. The maximum Gasteiger partial charge on any atom is 0.0858 e. The molecule has 0 spiro atoms. The van der Waals surface area contributed by atoms with E-state index in [9.17, 15) is 0 Å². The molecule has 0 amide bonds. The molecule has 0 aromatic carbocycles. The maximum absolute atomic E-state index is 6.22. The van der Waals surface area contributed by atoms with Crippen LogP contribution in [-0.2, 0) is 4.74 Å². The molecule has 0 radical (unpaired) electrons. The highest BCUT2D eigenvalue weighted by Gasteiger charge is 2.45. The molecular formula is C14H18O. The third kappa shape index (κ3) is 1.33. The van der Waals surface area contributed by atoms with Gasteiger partial charge in [0.15, 0.2) is 0 Å². The van der Waals surface area contributed by atoms with Crippen LogP contribution in [-0.4, -0.2) is 12.2 Å². The zero-order chi connectivity index (χ0) is 10.4. The Morgan fingerprint density at radius 1 is 1.27 bits per heavy atom. The minimum Gasteiger partial charge on any atom is -0.369 e. The van der Waals surface area contributed by atoms with Crippen molar-refractivity contribution in [2.45, 2.75) is 32.5 Å². The molecule has 0 bridgehead atoms. The average molecular weight is 202 g/mol. The van der Waals surface area contributed by atoms with E-state index >= 15 is 0 Å². The summed E-state index contributed by atoms with van der Waals surface area (Å²) in [5.74, 6) is 1.87. The lowest BCUT2D eigenvalue weighted by Crippen LogP contribution is -2.27. The molecule has 5 unspecified atom stereocenters. The Hall–Kier alpha value is -0.820. The lowest BCUT2D eigenvalue weighted by Gasteiger charge is -2.27. The van der Waals surface area contributed by atoms with Crippen molar-refractivity contribution in [2.24, 2.45) is 17.8 Å². The van der Waals surface area contributed by atoms with Gasteiger partial charge in [0.2, 0.25) is 0 Å². The first-order chi connectivity index (χ1) is 7.27. The molecule has 15 heavy (non-hydrogen) atoms. The summed E-state index contributed by atoms with van der Waals surface area (Å²) in [5.41, 5.74) is 1.39. The van der Waals surface area contributed by atoms with Gasteiger partial charge in [0.1, 0.15) is 0 Å². The predicted octanol–water partition coefficient (Wildman–Crippen LogP) is 3.10. The molecule has 1 heterocycles. The van der Waals surface area contributed by atoms with Crippen molar-refractivity contribution in [1.29, 1.82) is 0 Å². The number of rotatable bonds is 0. The highest BCUT2D eigenvalue weighted by Crippen LogP contribution is 2.44. The van der Waals surface area contributed by atoms with Gasteiger partial charge in [-0.3, -0.25) is 0 Å². The molecular weight excluding hydrogens is 184 g/mol. The molecule has 3 rings (SSSR count). The first-order valence-corrected chi connectivity index (χ1v) is 5.94. The van der Waals surface area contributed by atoms with Gasteiger partial charge >= 0.3 is 0 Å². The van der Waals surface area contributed by atoms with Crippen molar-refractivity contribution in [2.75, 3.05) is 0 Å². The van der Waals surface area contributed by atoms with Crippen LogP contribution in [0, 0.1) is 17.8 Å². The third-order valence-corrected chi connectivity index (χ3v) is 4.05. The molecule has 1 aliphatic heterocycles. The SMILES string of the molecule is CC1=CC=CC2C1OC1C(C)CC=CC21. The van der Waals surface area contributed by atoms with Crippen LogP contribution in [0.25, 0.3) is 0 Å². The van der Waals surface area contributed by atoms with Crippen LogP contribution in [0.15, 0.2) is 36.0 Å². The van der Waals surface area contributed by atoms with Crippen molar-refractivity contribution in [1.82, 2.24) is 0 Å². The van der Waals surface area contributed by atoms with E-state index in [1.54, 1.807) is 0 Å². The zero-order valence-corrected chi connectivity index (χ0v) is 9.39. The van der Waals surface area contributed by atoms with E-state index in [-0.39, 0.29) is 0 Å². The van der Waals surface area contributed by atoms with Gasteiger partial charge in [0.05, 0.1) is 12.2 Å². The molecule has 5 atom stereocenters. The molecule has 0 N–H and O–H groups in total. The fourth-order valence-corrected chi connectivity index (χ4v) is 3.18. The molecule has 1 heteroatoms. The van der Waals surface area contributed by atoms with Crippen LogP contribution in [0.2, 0.25) is 0 Å². The normalized spacial score (nSPS) is 47.3. The van der Waals surface area contributed by atoms with E-state index < -0.39 is 0 Å². The number of allylic oxidation sites excluding steroid dienone is 3. The molecule has 1 saturated heterocycles. The van der Waals surface area contributed by atoms with Crippen molar-refractivity contribution >= 4 is 0 Å². The lowest BCUT2D eigenvalue weighted by atomic mass is 9.76. The molecule has 0 aromatic rings. The molecule has 0 aromatic heterocycles. The topological polar surface area (TPSA) is 9.23 Å². The summed E-state index contributed by atoms with van der Waals surface area (Å²) in [5, 5.41) is 0. The van der Waals surface area contributed by atoms with Crippen molar-refractivity contribution in [3.63, 3.8) is 0 Å². The molecule has 1 nitrogen and oxygen atoms in total. The smallest absolute Gasteiger partial charge is 0.0858 e. The average Bonchev–Trinajstić information content (AvgIpc) is 2.60. The number of fused-ring (bicyclic) bond motifs is 3. The standard InChI is InChI=1S/C14H18O/c1-9-5-3-7-11-12-8-4-6-10(2)14(12)15-13(9)11/h3-5,7-8,10-14H,6H2,1-2H3. The number of hydrogen-bond donors (Lipinski definition) is 0. The van der Waals surface area contributed by atoms with Crippen LogP contribution in [0.3, 0.4) is 0 Å². The van der Waals surface area contributed by atoms with Gasteiger partial charge in [0, 0.05) is 11.8 Å². The van der Waals surface area contributed by atoms with Crippen molar-refractivity contribution in [3.05, 3.63) is 36.0 Å². The monoisotopic (exact) mass is 202 g/mol. The Labute approximate surface area is 91.5 Å². The summed E-state index contributed by atoms with van der Waals surface area (Å²) >= 11 is 0. The van der Waals surface area contributed by atoms with Crippen LogP contribution in [0.1, 0.15) is 20.3 Å².